The first-order valence-electron chi connectivity index (χ1n) is 10.6. The van der Waals surface area contributed by atoms with Crippen LogP contribution >= 0.6 is 7.60 Å². The van der Waals surface area contributed by atoms with Gasteiger partial charge in [-0.25, -0.2) is 19.4 Å². The Balaban J connectivity index is 2.96. The summed E-state index contributed by atoms with van der Waals surface area (Å²) < 4.78 is 39.6. The molecule has 1 aromatic carbocycles. The highest BCUT2D eigenvalue weighted by atomic mass is 31.2. The number of benzene rings is 1. The summed E-state index contributed by atoms with van der Waals surface area (Å²) in [6.07, 6.45) is -0.820. The molecule has 0 aliphatic carbocycles. The minimum Gasteiger partial charge on any atom is -0.467 e. The van der Waals surface area contributed by atoms with E-state index in [-0.39, 0.29) is 32.1 Å². The molecular weight excluding hydrogens is 445 g/mol. The van der Waals surface area contributed by atoms with Gasteiger partial charge in [-0.05, 0) is 45.7 Å². The maximum Gasteiger partial charge on any atom is 0.416 e. The number of nitrogens with one attached hydrogen (secondary N) is 1. The number of aliphatic hydroxyl groups excluding tert-OH is 1. The van der Waals surface area contributed by atoms with Crippen LogP contribution in [0.1, 0.15) is 52.9 Å². The average Bonchev–Trinajstić information content (AvgIpc) is 2.80. The van der Waals surface area contributed by atoms with Gasteiger partial charge in [-0.2, -0.15) is 0 Å². The molecule has 0 heterocycles. The highest BCUT2D eigenvalue weighted by Crippen LogP contribution is 2.60. The van der Waals surface area contributed by atoms with Crippen molar-refractivity contribution < 1.29 is 49.2 Å². The van der Waals surface area contributed by atoms with E-state index in [9.17, 15) is 19.3 Å². The Morgan fingerprint density at radius 3 is 2.19 bits per heavy atom. The number of hydrogen-bond donors (Lipinski definition) is 2. The molecule has 1 unspecified atom stereocenters. The molecule has 0 fully saturated rings. The molecule has 1 rings (SSSR count). The third-order valence-electron chi connectivity index (χ3n) is 3.71. The molecule has 0 saturated heterocycles. The van der Waals surface area contributed by atoms with E-state index >= 15 is 0 Å². The lowest BCUT2D eigenvalue weighted by Gasteiger charge is -2.23. The van der Waals surface area contributed by atoms with Crippen LogP contribution in [0.25, 0.3) is 0 Å². The second-order valence-corrected chi connectivity index (χ2v) is 9.06. The Labute approximate surface area is 189 Å². The molecule has 0 aliphatic rings. The van der Waals surface area contributed by atoms with E-state index in [1.165, 1.54) is 19.2 Å². The van der Waals surface area contributed by atoms with Crippen LogP contribution in [0.3, 0.4) is 0 Å². The van der Waals surface area contributed by atoms with Crippen LogP contribution < -0.4 is 5.32 Å². The normalized spacial score (nSPS) is 14.2. The highest BCUT2D eigenvalue weighted by molar-refractivity contribution is 7.53. The lowest BCUT2D eigenvalue weighted by Crippen LogP contribution is -2.45. The maximum atomic E-state index is 12.8. The molecule has 0 spiro atoms. The number of methoxy groups -OCH3 is 1. The zero-order valence-corrected chi connectivity index (χ0v) is 19.8. The first-order valence-corrected chi connectivity index (χ1v) is 11.5. The molecule has 0 aliphatic heterocycles. The van der Waals surface area contributed by atoms with Gasteiger partial charge in [-0.15, -0.1) is 9.35 Å². The molecule has 32 heavy (non-hydrogen) atoms. The average molecular weight is 478 g/mol. The van der Waals surface area contributed by atoms with E-state index in [1.807, 2.05) is 0 Å². The van der Waals surface area contributed by atoms with Crippen molar-refractivity contribution in [1.29, 1.82) is 0 Å². The molecule has 0 saturated carbocycles. The predicted molar refractivity (Wildman–Crippen MR) is 113 cm³/mol. The minimum absolute atomic E-state index is 0.0437. The first-order chi connectivity index (χ1) is 15.5. The van der Waals surface area contributed by atoms with Gasteiger partial charge >= 0.3 is 19.7 Å². The molecule has 1 aromatic rings. The molecular formula is C20H32NO10P. The van der Waals surface area contributed by atoms with E-state index in [2.05, 4.69) is 15.1 Å². The molecule has 11 nitrogen and oxygen atoms in total. The second kappa shape index (κ2) is 12.9. The minimum atomic E-state index is -4.22. The van der Waals surface area contributed by atoms with Crippen LogP contribution in [0.4, 0.5) is 4.79 Å². The third-order valence-corrected chi connectivity index (χ3v) is 5.24. The number of aliphatic hydroxyl groups is 1. The van der Waals surface area contributed by atoms with Crippen LogP contribution in [-0.2, 0) is 44.4 Å². The van der Waals surface area contributed by atoms with Gasteiger partial charge in [0.05, 0.1) is 20.3 Å². The Bertz CT molecular complexity index is 793. The number of hydrogen-bond acceptors (Lipinski definition) is 10. The van der Waals surface area contributed by atoms with Crippen molar-refractivity contribution in [3.63, 3.8) is 0 Å². The first kappa shape index (κ1) is 26.2. The molecule has 0 aromatic heterocycles. The van der Waals surface area contributed by atoms with Crippen molar-refractivity contribution in [2.75, 3.05) is 20.3 Å². The van der Waals surface area contributed by atoms with Crippen LogP contribution in [0.5, 0.6) is 0 Å². The van der Waals surface area contributed by atoms with Gasteiger partial charge in [-0.3, -0.25) is 4.57 Å². The summed E-state index contributed by atoms with van der Waals surface area (Å²) in [7, 11) is -3.04. The zero-order chi connectivity index (χ0) is 25.1. The lowest BCUT2D eigenvalue weighted by molar-refractivity contribution is -0.268. The Kier molecular flexibility index (Phi) is 10.6. The molecule has 0 bridgehead atoms. The van der Waals surface area contributed by atoms with Gasteiger partial charge in [-0.1, -0.05) is 24.3 Å². The molecule has 2 atom stereocenters. The number of carbonyl (C=O) groups excluding carboxylic acids is 2. The number of rotatable bonds is 12. The fourth-order valence-electron chi connectivity index (χ4n) is 2.35. The van der Waals surface area contributed by atoms with E-state index in [0.717, 1.165) is 0 Å². The van der Waals surface area contributed by atoms with Crippen molar-refractivity contribution in [3.05, 3.63) is 35.4 Å². The Hall–Kier alpha value is -2.01. The quantitative estimate of drug-likeness (QED) is 0.199. The van der Waals surface area contributed by atoms with Gasteiger partial charge in [0, 0.05) is 7.79 Å². The van der Waals surface area contributed by atoms with E-state index in [4.69, 9.17) is 20.2 Å². The van der Waals surface area contributed by atoms with Crippen molar-refractivity contribution in [2.45, 2.75) is 58.5 Å². The monoisotopic (exact) mass is 478 g/mol. The summed E-state index contributed by atoms with van der Waals surface area (Å²) in [5, 5.41) is 12.9. The van der Waals surface area contributed by atoms with Crippen LogP contribution in [-0.4, -0.2) is 49.1 Å². The van der Waals surface area contributed by atoms with Crippen molar-refractivity contribution in [1.82, 2.24) is 5.32 Å². The molecule has 182 valence electrons. The Morgan fingerprint density at radius 1 is 1.16 bits per heavy atom. The smallest absolute Gasteiger partial charge is 0.416 e. The van der Waals surface area contributed by atoms with Gasteiger partial charge in [0.1, 0.15) is 11.6 Å². The van der Waals surface area contributed by atoms with E-state index in [0.29, 0.717) is 5.56 Å². The topological polar surface area (TPSA) is 139 Å². The number of alkyl carbamates (subject to hydrolysis) is 1. The largest absolute Gasteiger partial charge is 0.467 e. The van der Waals surface area contributed by atoms with Gasteiger partial charge in [0.2, 0.25) is 0 Å². The highest BCUT2D eigenvalue weighted by Gasteiger charge is 2.39. The third kappa shape index (κ3) is 9.23. The van der Waals surface area contributed by atoms with Gasteiger partial charge in [0.25, 0.3) is 0 Å². The summed E-state index contributed by atoms with van der Waals surface area (Å²) in [4.78, 5) is 33.6. The summed E-state index contributed by atoms with van der Waals surface area (Å²) >= 11 is 0. The molecule has 1 amide bonds. The molecule has 12 heteroatoms. The van der Waals surface area contributed by atoms with Crippen molar-refractivity contribution in [2.24, 2.45) is 0 Å². The summed E-state index contributed by atoms with van der Waals surface area (Å²) in [6, 6.07) is 4.95. The number of ether oxygens (including phenoxy) is 2. The molecule has 0 radical (unpaired) electrons. The summed E-state index contributed by atoms with van der Waals surface area (Å²) in [6.45, 7) is 6.31. The number of amides is 1. The zero-order valence-electron chi connectivity index (χ0n) is 19.9. The molecule has 2 N–H and O–H groups in total. The van der Waals surface area contributed by atoms with Gasteiger partial charge < -0.3 is 19.9 Å². The van der Waals surface area contributed by atoms with Crippen LogP contribution in [0.15, 0.2) is 24.3 Å². The fourth-order valence-corrected chi connectivity index (χ4v) is 3.58. The SMILES string of the molecule is [2H]CC(C)(C)OC(=O)N[C@@H](Cc1ccc(C(O)P(=O)(OOCC)OOCC)cc1)C(=O)OC. The number of esters is 1. The number of carbonyl (C=O) groups is 2. The van der Waals surface area contributed by atoms with E-state index in [1.54, 1.807) is 39.8 Å². The van der Waals surface area contributed by atoms with Crippen LogP contribution in [0.2, 0.25) is 0 Å². The summed E-state index contributed by atoms with van der Waals surface area (Å²) in [5.74, 6) is -2.40. The predicted octanol–water partition coefficient (Wildman–Crippen LogP) is 3.42. The van der Waals surface area contributed by atoms with Gasteiger partial charge in [0.15, 0.2) is 5.85 Å². The fraction of sp³-hybridized carbons (Fsp3) is 0.600. The van der Waals surface area contributed by atoms with Crippen molar-refractivity contribution >= 4 is 19.7 Å². The second-order valence-electron chi connectivity index (χ2n) is 7.19. The van der Waals surface area contributed by atoms with Crippen LogP contribution in [0, 0.1) is 0 Å². The standard InChI is InChI=1S/C20H32NO10P/c1-7-27-30-32(25,31-28-8-2)18(23)15-11-9-14(10-12-15)13-16(17(22)26-6)21-19(24)29-20(3,4)5/h9-12,16,18,23H,7-8,13H2,1-6H3,(H,21,24)/t16-,18?/m0/s1/i3D. The summed E-state index contributed by atoms with van der Waals surface area (Å²) in [5.41, 5.74) is -0.253. The van der Waals surface area contributed by atoms with E-state index < -0.39 is 37.1 Å². The Morgan fingerprint density at radius 2 is 1.72 bits per heavy atom. The lowest BCUT2D eigenvalue weighted by atomic mass is 10.0. The maximum absolute atomic E-state index is 12.8. The van der Waals surface area contributed by atoms with Crippen molar-refractivity contribution in [3.8, 4) is 0 Å².